The minimum absolute atomic E-state index is 0.150. The third kappa shape index (κ3) is 5.41. The number of nitrogens with zero attached hydrogens (tertiary/aromatic N) is 2. The maximum atomic E-state index is 13.0. The van der Waals surface area contributed by atoms with Crippen LogP contribution in [-0.4, -0.2) is 40.7 Å². The zero-order valence-corrected chi connectivity index (χ0v) is 18.4. The van der Waals surface area contributed by atoms with Crippen molar-refractivity contribution in [3.05, 3.63) is 83.3 Å². The Morgan fingerprint density at radius 2 is 1.80 bits per heavy atom. The van der Waals surface area contributed by atoms with Gasteiger partial charge in [0.05, 0.1) is 19.2 Å². The molecule has 1 aliphatic heterocycles. The molecule has 1 fully saturated rings. The van der Waals surface area contributed by atoms with Crippen LogP contribution in [0.4, 0.5) is 9.18 Å². The van der Waals surface area contributed by atoms with Crippen molar-refractivity contribution in [2.45, 2.75) is 13.1 Å². The van der Waals surface area contributed by atoms with Gasteiger partial charge >= 0.3 is 17.8 Å². The summed E-state index contributed by atoms with van der Waals surface area (Å²) >= 11 is 0. The number of methoxy groups -OCH3 is 1. The average Bonchev–Trinajstić information content (AvgIpc) is 3.10. The predicted octanol–water partition coefficient (Wildman–Crippen LogP) is 2.53. The van der Waals surface area contributed by atoms with E-state index in [2.05, 4.69) is 10.3 Å². The number of carbonyl (C=O) groups is 4. The number of imide groups is 2. The first kappa shape index (κ1) is 23.4. The second-order valence-electron chi connectivity index (χ2n) is 7.43. The SMILES string of the molecule is COc1ccc(CN2C(=O)NC(=O)C2=O)cc1C(=O)NCc1ccc(Oc2ccc(F)cc2)nc1. The molecule has 35 heavy (non-hydrogen) atoms. The lowest BCUT2D eigenvalue weighted by Gasteiger charge is -2.14. The van der Waals surface area contributed by atoms with E-state index < -0.39 is 23.8 Å². The summed E-state index contributed by atoms with van der Waals surface area (Å²) in [5, 5.41) is 4.67. The van der Waals surface area contributed by atoms with Gasteiger partial charge in [-0.3, -0.25) is 24.6 Å². The quantitative estimate of drug-likeness (QED) is 0.376. The van der Waals surface area contributed by atoms with Gasteiger partial charge in [-0.1, -0.05) is 12.1 Å². The molecule has 0 radical (unpaired) electrons. The molecule has 1 saturated heterocycles. The van der Waals surface area contributed by atoms with Crippen LogP contribution in [0.25, 0.3) is 0 Å². The molecule has 1 aromatic heterocycles. The monoisotopic (exact) mass is 478 g/mol. The minimum atomic E-state index is -0.996. The van der Waals surface area contributed by atoms with Crippen molar-refractivity contribution in [2.24, 2.45) is 0 Å². The summed E-state index contributed by atoms with van der Waals surface area (Å²) in [6.07, 6.45) is 1.53. The lowest BCUT2D eigenvalue weighted by Crippen LogP contribution is -2.30. The highest BCUT2D eigenvalue weighted by atomic mass is 19.1. The number of halogens is 1. The first-order valence-electron chi connectivity index (χ1n) is 10.3. The third-order valence-electron chi connectivity index (χ3n) is 5.04. The topological polar surface area (TPSA) is 127 Å². The smallest absolute Gasteiger partial charge is 0.331 e. The molecule has 0 spiro atoms. The van der Waals surface area contributed by atoms with Crippen molar-refractivity contribution in [1.29, 1.82) is 0 Å². The van der Waals surface area contributed by atoms with E-state index in [0.717, 1.165) is 4.90 Å². The number of benzene rings is 2. The molecule has 10 nitrogen and oxygen atoms in total. The van der Waals surface area contributed by atoms with Gasteiger partial charge < -0.3 is 14.8 Å². The van der Waals surface area contributed by atoms with Gasteiger partial charge in [0.2, 0.25) is 5.88 Å². The molecule has 0 atom stereocenters. The Hall–Kier alpha value is -4.80. The number of urea groups is 1. The van der Waals surface area contributed by atoms with E-state index >= 15 is 0 Å². The molecule has 2 heterocycles. The molecule has 11 heteroatoms. The number of aromatic nitrogens is 1. The number of hydrogen-bond donors (Lipinski definition) is 2. The highest BCUT2D eigenvalue weighted by molar-refractivity contribution is 6.44. The Labute approximate surface area is 198 Å². The summed E-state index contributed by atoms with van der Waals surface area (Å²) in [6, 6.07) is 12.6. The predicted molar refractivity (Wildman–Crippen MR) is 119 cm³/mol. The van der Waals surface area contributed by atoms with Gasteiger partial charge in [-0.2, -0.15) is 0 Å². The molecule has 178 valence electrons. The summed E-state index contributed by atoms with van der Waals surface area (Å²) in [7, 11) is 1.41. The third-order valence-corrected chi connectivity index (χ3v) is 5.04. The molecular formula is C24H19FN4O6. The maximum Gasteiger partial charge on any atom is 0.331 e. The Bertz CT molecular complexity index is 1290. The van der Waals surface area contributed by atoms with Crippen molar-refractivity contribution in [3.8, 4) is 17.4 Å². The number of pyridine rings is 1. The van der Waals surface area contributed by atoms with Crippen LogP contribution in [0.2, 0.25) is 0 Å². The van der Waals surface area contributed by atoms with Gasteiger partial charge in [-0.15, -0.1) is 0 Å². The lowest BCUT2D eigenvalue weighted by atomic mass is 10.1. The van der Waals surface area contributed by atoms with Crippen LogP contribution in [0, 0.1) is 5.82 Å². The van der Waals surface area contributed by atoms with Crippen molar-refractivity contribution < 1.29 is 33.0 Å². The van der Waals surface area contributed by atoms with Crippen LogP contribution in [0.15, 0.2) is 60.8 Å². The van der Waals surface area contributed by atoms with Crippen LogP contribution >= 0.6 is 0 Å². The summed E-state index contributed by atoms with van der Waals surface area (Å²) in [4.78, 5) is 52.7. The van der Waals surface area contributed by atoms with Crippen LogP contribution < -0.4 is 20.1 Å². The number of hydrogen-bond acceptors (Lipinski definition) is 7. The van der Waals surface area contributed by atoms with Crippen molar-refractivity contribution >= 4 is 23.8 Å². The molecule has 3 aromatic rings. The highest BCUT2D eigenvalue weighted by Crippen LogP contribution is 2.22. The van der Waals surface area contributed by atoms with Crippen LogP contribution in [0.1, 0.15) is 21.5 Å². The highest BCUT2D eigenvalue weighted by Gasteiger charge is 2.36. The average molecular weight is 478 g/mol. The second kappa shape index (κ2) is 10.00. The zero-order chi connectivity index (χ0) is 24.9. The van der Waals surface area contributed by atoms with Gasteiger partial charge in [0.15, 0.2) is 0 Å². The Morgan fingerprint density at radius 3 is 2.43 bits per heavy atom. The molecule has 0 unspecified atom stereocenters. The summed E-state index contributed by atoms with van der Waals surface area (Å²) in [6.45, 7) is -0.0301. The normalized spacial score (nSPS) is 13.0. The van der Waals surface area contributed by atoms with E-state index in [1.165, 1.54) is 49.7 Å². The largest absolute Gasteiger partial charge is 0.496 e. The zero-order valence-electron chi connectivity index (χ0n) is 18.4. The Morgan fingerprint density at radius 1 is 1.06 bits per heavy atom. The van der Waals surface area contributed by atoms with Gasteiger partial charge in [0.25, 0.3) is 5.91 Å². The number of nitrogens with one attached hydrogen (secondary N) is 2. The fourth-order valence-corrected chi connectivity index (χ4v) is 3.27. The van der Waals surface area contributed by atoms with Gasteiger partial charge in [0, 0.05) is 18.8 Å². The maximum absolute atomic E-state index is 13.0. The fourth-order valence-electron chi connectivity index (χ4n) is 3.27. The standard InChI is InChI=1S/C24H19FN4O6/c1-34-19-8-2-14(13-29-23(32)22(31)28-24(29)33)10-18(19)21(30)27-12-15-3-9-20(26-11-15)35-17-6-4-16(25)5-7-17/h2-11H,12-13H2,1H3,(H,27,30)(H,28,31,33). The van der Waals surface area contributed by atoms with E-state index in [-0.39, 0.29) is 24.5 Å². The summed E-state index contributed by atoms with van der Waals surface area (Å²) in [5.41, 5.74) is 1.34. The Balaban J connectivity index is 1.40. The van der Waals surface area contributed by atoms with Crippen LogP contribution in [-0.2, 0) is 22.7 Å². The molecule has 4 rings (SSSR count). The second-order valence-corrected chi connectivity index (χ2v) is 7.43. The molecule has 0 aliphatic carbocycles. The van der Waals surface area contributed by atoms with Gasteiger partial charge in [-0.05, 0) is 47.5 Å². The molecule has 2 N–H and O–H groups in total. The summed E-state index contributed by atoms with van der Waals surface area (Å²) < 4.78 is 23.8. The van der Waals surface area contributed by atoms with Crippen molar-refractivity contribution in [1.82, 2.24) is 20.5 Å². The molecule has 5 amide bonds. The lowest BCUT2D eigenvalue weighted by molar-refractivity contribution is -0.140. The van der Waals surface area contributed by atoms with E-state index in [4.69, 9.17) is 9.47 Å². The summed E-state index contributed by atoms with van der Waals surface area (Å²) in [5.74, 6) is -1.75. The van der Waals surface area contributed by atoms with Crippen LogP contribution in [0.3, 0.4) is 0 Å². The number of carbonyl (C=O) groups excluding carboxylic acids is 4. The van der Waals surface area contributed by atoms with Crippen LogP contribution in [0.5, 0.6) is 17.4 Å². The van der Waals surface area contributed by atoms with Crippen molar-refractivity contribution in [2.75, 3.05) is 7.11 Å². The molecule has 0 bridgehead atoms. The number of rotatable bonds is 8. The first-order valence-corrected chi connectivity index (χ1v) is 10.3. The molecule has 1 aliphatic rings. The number of ether oxygens (including phenoxy) is 2. The van der Waals surface area contributed by atoms with E-state index in [1.54, 1.807) is 18.2 Å². The van der Waals surface area contributed by atoms with E-state index in [9.17, 15) is 23.6 Å². The van der Waals surface area contributed by atoms with Gasteiger partial charge in [0.1, 0.15) is 17.3 Å². The van der Waals surface area contributed by atoms with E-state index in [0.29, 0.717) is 28.5 Å². The molecule has 2 aromatic carbocycles. The Kier molecular flexibility index (Phi) is 6.67. The number of amides is 5. The first-order chi connectivity index (χ1) is 16.8. The fraction of sp³-hybridized carbons (Fsp3) is 0.125. The van der Waals surface area contributed by atoms with Gasteiger partial charge in [-0.25, -0.2) is 14.2 Å². The van der Waals surface area contributed by atoms with Crippen molar-refractivity contribution in [3.63, 3.8) is 0 Å². The minimum Gasteiger partial charge on any atom is -0.496 e. The molecular weight excluding hydrogens is 459 g/mol. The molecule has 0 saturated carbocycles. The van der Waals surface area contributed by atoms with E-state index in [1.807, 2.05) is 5.32 Å².